The van der Waals surface area contributed by atoms with E-state index in [2.05, 4.69) is 12.6 Å². The second-order valence-corrected chi connectivity index (χ2v) is 4.88. The molecule has 0 radical (unpaired) electrons. The highest BCUT2D eigenvalue weighted by Gasteiger charge is 2.08. The van der Waals surface area contributed by atoms with E-state index < -0.39 is 0 Å². The molecule has 13 heavy (non-hydrogen) atoms. The predicted octanol–water partition coefficient (Wildman–Crippen LogP) is 4.05. The minimum Gasteiger partial charge on any atom is -0.206 e. The van der Waals surface area contributed by atoms with Gasteiger partial charge in [-0.3, -0.25) is 0 Å². The zero-order chi connectivity index (χ0) is 9.42. The summed E-state index contributed by atoms with van der Waals surface area (Å²) in [7, 11) is 0. The lowest BCUT2D eigenvalue weighted by Crippen LogP contribution is -1.77. The van der Waals surface area contributed by atoms with E-state index in [1.807, 2.05) is 17.7 Å². The lowest BCUT2D eigenvalue weighted by atomic mass is 10.2. The van der Waals surface area contributed by atoms with Gasteiger partial charge in [-0.2, -0.15) is 0 Å². The van der Waals surface area contributed by atoms with Crippen LogP contribution >= 0.6 is 35.7 Å². The molecule has 2 aromatic rings. The Labute approximate surface area is 89.6 Å². The average Bonchev–Trinajstić information content (AvgIpc) is 2.47. The first-order valence-corrected chi connectivity index (χ1v) is 6.21. The van der Waals surface area contributed by atoms with Crippen LogP contribution in [0.5, 0.6) is 0 Å². The molecule has 0 aliphatic rings. The van der Waals surface area contributed by atoms with Crippen molar-refractivity contribution in [3.63, 3.8) is 0 Å². The summed E-state index contributed by atoms with van der Waals surface area (Å²) in [6.45, 7) is 0. The summed E-state index contributed by atoms with van der Waals surface area (Å²) in [5, 5.41) is 2.71. The standard InChI is InChI=1S/C9H7FS3/c1-12-8-4-13-7-3-5(11)2-6(10)9(7)8/h2-4,11H,1H3. The molecular weight excluding hydrogens is 223 g/mol. The van der Waals surface area contributed by atoms with Crippen molar-refractivity contribution in [3.05, 3.63) is 23.3 Å². The second kappa shape index (κ2) is 3.52. The Balaban J connectivity index is 2.82. The molecule has 0 N–H and O–H groups in total. The van der Waals surface area contributed by atoms with Crippen molar-refractivity contribution < 1.29 is 4.39 Å². The number of thioether (sulfide) groups is 1. The Morgan fingerprint density at radius 2 is 2.23 bits per heavy atom. The van der Waals surface area contributed by atoms with Crippen molar-refractivity contribution in [2.45, 2.75) is 9.79 Å². The van der Waals surface area contributed by atoms with Gasteiger partial charge in [0.15, 0.2) is 0 Å². The summed E-state index contributed by atoms with van der Waals surface area (Å²) in [5.41, 5.74) is 0. The molecule has 2 rings (SSSR count). The molecule has 0 bridgehead atoms. The van der Waals surface area contributed by atoms with Crippen molar-refractivity contribution in [3.8, 4) is 0 Å². The number of benzene rings is 1. The van der Waals surface area contributed by atoms with Gasteiger partial charge in [-0.25, -0.2) is 4.39 Å². The number of halogens is 1. The largest absolute Gasteiger partial charge is 0.206 e. The number of hydrogen-bond acceptors (Lipinski definition) is 3. The fourth-order valence-electron chi connectivity index (χ4n) is 1.23. The first kappa shape index (κ1) is 9.37. The van der Waals surface area contributed by atoms with Crippen molar-refractivity contribution in [1.82, 2.24) is 0 Å². The van der Waals surface area contributed by atoms with Crippen molar-refractivity contribution in [1.29, 1.82) is 0 Å². The Morgan fingerprint density at radius 3 is 2.92 bits per heavy atom. The molecule has 0 aliphatic heterocycles. The molecule has 0 saturated heterocycles. The molecule has 0 fully saturated rings. The van der Waals surface area contributed by atoms with Gasteiger partial charge in [0.1, 0.15) is 5.82 Å². The van der Waals surface area contributed by atoms with Crippen LogP contribution in [0.3, 0.4) is 0 Å². The molecular formula is C9H7FS3. The highest BCUT2D eigenvalue weighted by molar-refractivity contribution is 7.99. The van der Waals surface area contributed by atoms with Gasteiger partial charge in [0, 0.05) is 25.3 Å². The maximum Gasteiger partial charge on any atom is 0.134 e. The van der Waals surface area contributed by atoms with Gasteiger partial charge in [-0.1, -0.05) is 0 Å². The highest BCUT2D eigenvalue weighted by atomic mass is 32.2. The van der Waals surface area contributed by atoms with Gasteiger partial charge < -0.3 is 0 Å². The van der Waals surface area contributed by atoms with Crippen LogP contribution in [0.15, 0.2) is 27.3 Å². The molecule has 0 nitrogen and oxygen atoms in total. The van der Waals surface area contributed by atoms with Crippen LogP contribution in [-0.4, -0.2) is 6.26 Å². The van der Waals surface area contributed by atoms with E-state index >= 15 is 0 Å². The Bertz CT molecular complexity index is 447. The molecule has 1 aromatic carbocycles. The number of fused-ring (bicyclic) bond motifs is 1. The molecule has 1 aromatic heterocycles. The number of hydrogen-bond donors (Lipinski definition) is 1. The minimum atomic E-state index is -0.173. The van der Waals surface area contributed by atoms with Crippen molar-refractivity contribution >= 4 is 45.8 Å². The normalized spacial score (nSPS) is 11.0. The lowest BCUT2D eigenvalue weighted by molar-refractivity contribution is 0.635. The van der Waals surface area contributed by atoms with Crippen LogP contribution < -0.4 is 0 Å². The highest BCUT2D eigenvalue weighted by Crippen LogP contribution is 2.35. The monoisotopic (exact) mass is 230 g/mol. The number of rotatable bonds is 1. The molecule has 4 heteroatoms. The SMILES string of the molecule is CSc1csc2cc(S)cc(F)c12. The summed E-state index contributed by atoms with van der Waals surface area (Å²) >= 11 is 7.26. The summed E-state index contributed by atoms with van der Waals surface area (Å²) in [4.78, 5) is 1.69. The maximum absolute atomic E-state index is 13.5. The second-order valence-electron chi connectivity index (χ2n) is 2.60. The molecule has 68 valence electrons. The van der Waals surface area contributed by atoms with E-state index in [0.29, 0.717) is 4.90 Å². The van der Waals surface area contributed by atoms with Gasteiger partial charge in [-0.05, 0) is 18.4 Å². The van der Waals surface area contributed by atoms with E-state index in [0.717, 1.165) is 15.0 Å². The summed E-state index contributed by atoms with van der Waals surface area (Å²) in [6, 6.07) is 3.35. The van der Waals surface area contributed by atoms with Gasteiger partial charge >= 0.3 is 0 Å². The molecule has 0 aliphatic carbocycles. The third-order valence-corrected chi connectivity index (χ3v) is 3.90. The number of thiophene rings is 1. The van der Waals surface area contributed by atoms with E-state index in [-0.39, 0.29) is 5.82 Å². The van der Waals surface area contributed by atoms with E-state index in [4.69, 9.17) is 0 Å². The molecule has 1 heterocycles. The third kappa shape index (κ3) is 1.58. The van der Waals surface area contributed by atoms with E-state index in [1.54, 1.807) is 23.1 Å². The van der Waals surface area contributed by atoms with Crippen LogP contribution in [0.25, 0.3) is 10.1 Å². The first-order valence-electron chi connectivity index (χ1n) is 3.66. The van der Waals surface area contributed by atoms with Crippen LogP contribution in [-0.2, 0) is 0 Å². The first-order chi connectivity index (χ1) is 6.22. The number of thiol groups is 1. The fourth-order valence-corrected chi connectivity index (χ4v) is 3.43. The Hall–Kier alpha value is -0.190. The smallest absolute Gasteiger partial charge is 0.134 e. The molecule has 0 amide bonds. The molecule has 0 spiro atoms. The summed E-state index contributed by atoms with van der Waals surface area (Å²) in [6.07, 6.45) is 1.95. The topological polar surface area (TPSA) is 0 Å². The van der Waals surface area contributed by atoms with Crippen LogP contribution in [0.1, 0.15) is 0 Å². The quantitative estimate of drug-likeness (QED) is 0.569. The van der Waals surface area contributed by atoms with Gasteiger partial charge in [0.2, 0.25) is 0 Å². The van der Waals surface area contributed by atoms with Crippen LogP contribution in [0.4, 0.5) is 4.39 Å². The fraction of sp³-hybridized carbons (Fsp3) is 0.111. The zero-order valence-corrected chi connectivity index (χ0v) is 9.40. The van der Waals surface area contributed by atoms with E-state index in [1.165, 1.54) is 6.07 Å². The third-order valence-electron chi connectivity index (χ3n) is 1.80. The van der Waals surface area contributed by atoms with Crippen LogP contribution in [0.2, 0.25) is 0 Å². The van der Waals surface area contributed by atoms with Gasteiger partial charge in [0.05, 0.1) is 0 Å². The zero-order valence-electron chi connectivity index (χ0n) is 6.87. The summed E-state index contributed by atoms with van der Waals surface area (Å²) in [5.74, 6) is -0.173. The summed E-state index contributed by atoms with van der Waals surface area (Å²) < 4.78 is 14.4. The Kier molecular flexibility index (Phi) is 2.53. The average molecular weight is 230 g/mol. The minimum absolute atomic E-state index is 0.173. The van der Waals surface area contributed by atoms with Gasteiger partial charge in [0.25, 0.3) is 0 Å². The maximum atomic E-state index is 13.5. The molecule has 0 saturated carbocycles. The predicted molar refractivity (Wildman–Crippen MR) is 60.8 cm³/mol. The molecule has 0 unspecified atom stereocenters. The molecule has 0 atom stereocenters. The Morgan fingerprint density at radius 1 is 1.46 bits per heavy atom. The lowest BCUT2D eigenvalue weighted by Gasteiger charge is -1.97. The van der Waals surface area contributed by atoms with Gasteiger partial charge in [-0.15, -0.1) is 35.7 Å². The van der Waals surface area contributed by atoms with Crippen molar-refractivity contribution in [2.75, 3.05) is 6.26 Å². The van der Waals surface area contributed by atoms with Crippen molar-refractivity contribution in [2.24, 2.45) is 0 Å². The van der Waals surface area contributed by atoms with E-state index in [9.17, 15) is 4.39 Å². The van der Waals surface area contributed by atoms with Crippen LogP contribution in [0, 0.1) is 5.82 Å².